The van der Waals surface area contributed by atoms with Gasteiger partial charge in [-0.05, 0) is 50.3 Å². The summed E-state index contributed by atoms with van der Waals surface area (Å²) in [4.78, 5) is 42.5. The molecule has 8 heteroatoms. The molecule has 2 aliphatic heterocycles. The van der Waals surface area contributed by atoms with Crippen molar-refractivity contribution in [3.05, 3.63) is 48.0 Å². The first-order valence-electron chi connectivity index (χ1n) is 11.2. The van der Waals surface area contributed by atoms with Gasteiger partial charge < -0.3 is 15.1 Å². The highest BCUT2D eigenvalue weighted by Crippen LogP contribution is 2.39. The smallest absolute Gasteiger partial charge is 0.253 e. The van der Waals surface area contributed by atoms with Crippen molar-refractivity contribution in [3.63, 3.8) is 0 Å². The van der Waals surface area contributed by atoms with E-state index in [1.54, 1.807) is 24.5 Å². The SMILES string of the molecule is O=C(NC1CCN(c2nccc(C3CC3)n2)C1)C1CCN(C(=O)c2ccncc2)CC1. The van der Waals surface area contributed by atoms with Gasteiger partial charge >= 0.3 is 0 Å². The van der Waals surface area contributed by atoms with Gasteiger partial charge in [-0.3, -0.25) is 14.6 Å². The maximum absolute atomic E-state index is 12.8. The molecule has 2 saturated heterocycles. The number of carbonyl (C=O) groups excluding carboxylic acids is 2. The fraction of sp³-hybridized carbons (Fsp3) is 0.522. The van der Waals surface area contributed by atoms with E-state index in [0.717, 1.165) is 31.2 Å². The Balaban J connectivity index is 1.10. The van der Waals surface area contributed by atoms with Crippen LogP contribution in [0.4, 0.5) is 5.95 Å². The van der Waals surface area contributed by atoms with Crippen LogP contribution in [0.1, 0.15) is 54.1 Å². The molecule has 1 unspecified atom stereocenters. The molecule has 1 N–H and O–H groups in total. The number of hydrogen-bond donors (Lipinski definition) is 1. The topological polar surface area (TPSA) is 91.3 Å². The highest BCUT2D eigenvalue weighted by molar-refractivity contribution is 5.94. The Labute approximate surface area is 182 Å². The fourth-order valence-electron chi connectivity index (χ4n) is 4.52. The van der Waals surface area contributed by atoms with Crippen molar-refractivity contribution in [2.75, 3.05) is 31.1 Å². The van der Waals surface area contributed by atoms with Gasteiger partial charge in [-0.15, -0.1) is 0 Å². The molecule has 3 fully saturated rings. The minimum Gasteiger partial charge on any atom is -0.351 e. The van der Waals surface area contributed by atoms with Crippen LogP contribution in [-0.2, 0) is 4.79 Å². The Kier molecular flexibility index (Phi) is 5.53. The lowest BCUT2D eigenvalue weighted by atomic mass is 9.95. The summed E-state index contributed by atoms with van der Waals surface area (Å²) in [5, 5.41) is 3.23. The molecular formula is C23H28N6O2. The van der Waals surface area contributed by atoms with Crippen molar-refractivity contribution < 1.29 is 9.59 Å². The number of carbonyl (C=O) groups is 2. The average Bonchev–Trinajstić information content (AvgIpc) is 3.58. The number of pyridine rings is 1. The number of nitrogens with one attached hydrogen (secondary N) is 1. The number of likely N-dealkylation sites (tertiary alicyclic amines) is 1. The maximum atomic E-state index is 12.8. The second-order valence-corrected chi connectivity index (χ2v) is 8.80. The molecule has 0 aromatic carbocycles. The van der Waals surface area contributed by atoms with Crippen molar-refractivity contribution in [3.8, 4) is 0 Å². The third-order valence-corrected chi connectivity index (χ3v) is 6.56. The largest absolute Gasteiger partial charge is 0.351 e. The first-order valence-corrected chi connectivity index (χ1v) is 11.2. The molecule has 2 aromatic rings. The molecule has 1 saturated carbocycles. The van der Waals surface area contributed by atoms with Gasteiger partial charge in [-0.25, -0.2) is 9.97 Å². The molecule has 4 heterocycles. The third kappa shape index (κ3) is 4.52. The van der Waals surface area contributed by atoms with Gasteiger partial charge in [0, 0.05) is 73.9 Å². The van der Waals surface area contributed by atoms with E-state index in [-0.39, 0.29) is 23.8 Å². The van der Waals surface area contributed by atoms with E-state index in [9.17, 15) is 9.59 Å². The average molecular weight is 421 g/mol. The van der Waals surface area contributed by atoms with E-state index in [1.165, 1.54) is 12.8 Å². The Morgan fingerprint density at radius 1 is 0.935 bits per heavy atom. The van der Waals surface area contributed by atoms with Crippen LogP contribution < -0.4 is 10.2 Å². The Morgan fingerprint density at radius 3 is 2.45 bits per heavy atom. The summed E-state index contributed by atoms with van der Waals surface area (Å²) in [6, 6.07) is 5.60. The summed E-state index contributed by atoms with van der Waals surface area (Å²) in [6.07, 6.45) is 9.86. The van der Waals surface area contributed by atoms with E-state index in [4.69, 9.17) is 4.98 Å². The van der Waals surface area contributed by atoms with Gasteiger partial charge in [0.1, 0.15) is 0 Å². The van der Waals surface area contributed by atoms with Crippen molar-refractivity contribution in [2.45, 2.75) is 44.1 Å². The summed E-state index contributed by atoms with van der Waals surface area (Å²) in [5.41, 5.74) is 1.79. The third-order valence-electron chi connectivity index (χ3n) is 6.56. The Hall–Kier alpha value is -3.03. The van der Waals surface area contributed by atoms with Crippen LogP contribution in [0.25, 0.3) is 0 Å². The standard InChI is InChI=1S/C23H28N6O2/c30-21(17-6-12-28(13-7-17)22(31)18-3-9-24-10-4-18)26-19-8-14-29(15-19)23-25-11-5-20(27-23)16-1-2-16/h3-5,9-11,16-17,19H,1-2,6-8,12-15H2,(H,26,30). The molecule has 1 aliphatic carbocycles. The van der Waals surface area contributed by atoms with Crippen LogP contribution in [0, 0.1) is 5.92 Å². The molecule has 1 atom stereocenters. The molecule has 0 bridgehead atoms. The van der Waals surface area contributed by atoms with Crippen LogP contribution in [0.2, 0.25) is 0 Å². The van der Waals surface area contributed by atoms with Crippen molar-refractivity contribution >= 4 is 17.8 Å². The molecule has 0 spiro atoms. The van der Waals surface area contributed by atoms with Gasteiger partial charge in [0.05, 0.1) is 0 Å². The molecule has 31 heavy (non-hydrogen) atoms. The van der Waals surface area contributed by atoms with Gasteiger partial charge in [0.15, 0.2) is 0 Å². The van der Waals surface area contributed by atoms with Gasteiger partial charge in [0.2, 0.25) is 11.9 Å². The molecule has 8 nitrogen and oxygen atoms in total. The molecular weight excluding hydrogens is 392 g/mol. The first-order chi connectivity index (χ1) is 15.2. The zero-order chi connectivity index (χ0) is 21.2. The normalized spacial score (nSPS) is 21.9. The lowest BCUT2D eigenvalue weighted by molar-refractivity contribution is -0.126. The number of amides is 2. The van der Waals surface area contributed by atoms with E-state index in [1.807, 2.05) is 17.2 Å². The van der Waals surface area contributed by atoms with Crippen LogP contribution in [0.3, 0.4) is 0 Å². The van der Waals surface area contributed by atoms with Crippen LogP contribution >= 0.6 is 0 Å². The van der Waals surface area contributed by atoms with Crippen LogP contribution in [-0.4, -0.2) is 63.9 Å². The van der Waals surface area contributed by atoms with Crippen molar-refractivity contribution in [1.29, 1.82) is 0 Å². The Morgan fingerprint density at radius 2 is 1.71 bits per heavy atom. The lowest BCUT2D eigenvalue weighted by Crippen LogP contribution is -2.46. The first kappa shape index (κ1) is 19.9. The highest BCUT2D eigenvalue weighted by atomic mass is 16.2. The summed E-state index contributed by atoms with van der Waals surface area (Å²) >= 11 is 0. The molecule has 162 valence electrons. The second-order valence-electron chi connectivity index (χ2n) is 8.80. The quantitative estimate of drug-likeness (QED) is 0.796. The second kappa shape index (κ2) is 8.61. The summed E-state index contributed by atoms with van der Waals surface area (Å²) in [6.45, 7) is 2.83. The Bertz CT molecular complexity index is 940. The molecule has 3 aliphatic rings. The van der Waals surface area contributed by atoms with E-state index >= 15 is 0 Å². The molecule has 0 radical (unpaired) electrons. The minimum absolute atomic E-state index is 0.0149. The molecule has 2 amide bonds. The molecule has 5 rings (SSSR count). The minimum atomic E-state index is -0.0371. The number of hydrogen-bond acceptors (Lipinski definition) is 6. The van der Waals surface area contributed by atoms with Gasteiger partial charge in [-0.2, -0.15) is 0 Å². The van der Waals surface area contributed by atoms with Crippen LogP contribution in [0.5, 0.6) is 0 Å². The van der Waals surface area contributed by atoms with E-state index in [2.05, 4.69) is 20.2 Å². The number of anilines is 1. The van der Waals surface area contributed by atoms with Crippen LogP contribution in [0.15, 0.2) is 36.8 Å². The molecule has 2 aromatic heterocycles. The van der Waals surface area contributed by atoms with E-state index < -0.39 is 0 Å². The number of rotatable bonds is 5. The van der Waals surface area contributed by atoms with Crippen molar-refractivity contribution in [1.82, 2.24) is 25.2 Å². The van der Waals surface area contributed by atoms with Gasteiger partial charge in [-0.1, -0.05) is 0 Å². The number of nitrogens with zero attached hydrogens (tertiary/aromatic N) is 5. The monoisotopic (exact) mass is 420 g/mol. The van der Waals surface area contributed by atoms with Gasteiger partial charge in [0.25, 0.3) is 5.91 Å². The van der Waals surface area contributed by atoms with Crippen molar-refractivity contribution in [2.24, 2.45) is 5.92 Å². The highest BCUT2D eigenvalue weighted by Gasteiger charge is 2.32. The zero-order valence-corrected chi connectivity index (χ0v) is 17.6. The summed E-state index contributed by atoms with van der Waals surface area (Å²) in [7, 11) is 0. The van der Waals surface area contributed by atoms with E-state index in [0.29, 0.717) is 37.4 Å². The lowest BCUT2D eigenvalue weighted by Gasteiger charge is -2.32. The maximum Gasteiger partial charge on any atom is 0.253 e. The number of aromatic nitrogens is 3. The predicted molar refractivity (Wildman–Crippen MR) is 116 cm³/mol. The zero-order valence-electron chi connectivity index (χ0n) is 17.6. The fourth-order valence-corrected chi connectivity index (χ4v) is 4.52. The number of piperidine rings is 1. The summed E-state index contributed by atoms with van der Waals surface area (Å²) in [5.74, 6) is 1.47. The summed E-state index contributed by atoms with van der Waals surface area (Å²) < 4.78 is 0. The predicted octanol–water partition coefficient (Wildman–Crippen LogP) is 2.00.